The molecule has 0 radical (unpaired) electrons. The molecule has 1 aromatic heterocycles. The van der Waals surface area contributed by atoms with Gasteiger partial charge in [-0.05, 0) is 55.8 Å². The number of hydrogen-bond acceptors (Lipinski definition) is 3. The first-order chi connectivity index (χ1) is 13.1. The number of methoxy groups -OCH3 is 1. The predicted molar refractivity (Wildman–Crippen MR) is 99.6 cm³/mol. The van der Waals surface area contributed by atoms with Crippen molar-refractivity contribution in [2.45, 2.75) is 32.0 Å². The maximum absolute atomic E-state index is 12.7. The molecule has 0 bridgehead atoms. The Hall–Kier alpha value is -2.80. The standard InChI is InChI=1S/C21H21F3N2O2/c1-14-19(20(2,27)12-15-4-10-18(28-3)11-5-15)13-26(25-14)17-8-6-16(7-9-17)21(22,23)24/h4-11,13,27H,12H2,1-3H3. The van der Waals surface area contributed by atoms with Crippen LogP contribution in [-0.4, -0.2) is 22.0 Å². The smallest absolute Gasteiger partial charge is 0.416 e. The van der Waals surface area contributed by atoms with Crippen LogP contribution in [0.5, 0.6) is 5.75 Å². The number of alkyl halides is 3. The summed E-state index contributed by atoms with van der Waals surface area (Å²) in [5, 5.41) is 15.4. The topological polar surface area (TPSA) is 47.3 Å². The molecule has 0 aliphatic carbocycles. The highest BCUT2D eigenvalue weighted by Gasteiger charge is 2.31. The predicted octanol–water partition coefficient (Wildman–Crippen LogP) is 4.66. The second kappa shape index (κ2) is 7.31. The van der Waals surface area contributed by atoms with E-state index in [2.05, 4.69) is 5.10 Å². The van der Waals surface area contributed by atoms with Crippen LogP contribution in [0.3, 0.4) is 0 Å². The van der Waals surface area contributed by atoms with Crippen LogP contribution in [0, 0.1) is 6.92 Å². The van der Waals surface area contributed by atoms with E-state index in [0.29, 0.717) is 23.4 Å². The van der Waals surface area contributed by atoms with Crippen molar-refractivity contribution in [2.24, 2.45) is 0 Å². The molecule has 4 nitrogen and oxygen atoms in total. The largest absolute Gasteiger partial charge is 0.497 e. The summed E-state index contributed by atoms with van der Waals surface area (Å²) in [7, 11) is 1.59. The van der Waals surface area contributed by atoms with E-state index in [-0.39, 0.29) is 0 Å². The van der Waals surface area contributed by atoms with E-state index in [0.717, 1.165) is 23.4 Å². The van der Waals surface area contributed by atoms with Crippen LogP contribution in [0.25, 0.3) is 5.69 Å². The van der Waals surface area contributed by atoms with E-state index in [1.807, 2.05) is 24.3 Å². The fraction of sp³-hybridized carbons (Fsp3) is 0.286. The number of hydrogen-bond donors (Lipinski definition) is 1. The molecule has 7 heteroatoms. The molecule has 1 atom stereocenters. The Bertz CT molecular complexity index is 943. The van der Waals surface area contributed by atoms with Crippen LogP contribution in [0.4, 0.5) is 13.2 Å². The fourth-order valence-corrected chi connectivity index (χ4v) is 3.16. The summed E-state index contributed by atoms with van der Waals surface area (Å²) in [6, 6.07) is 12.1. The summed E-state index contributed by atoms with van der Waals surface area (Å²) < 4.78 is 44.8. The molecule has 3 rings (SSSR count). The van der Waals surface area contributed by atoms with Gasteiger partial charge in [0, 0.05) is 18.2 Å². The molecular weight excluding hydrogens is 369 g/mol. The van der Waals surface area contributed by atoms with E-state index in [1.165, 1.54) is 16.8 Å². The molecule has 0 spiro atoms. The van der Waals surface area contributed by atoms with Gasteiger partial charge in [-0.25, -0.2) is 4.68 Å². The van der Waals surface area contributed by atoms with Gasteiger partial charge in [0.05, 0.1) is 29.7 Å². The van der Waals surface area contributed by atoms with E-state index in [4.69, 9.17) is 4.74 Å². The maximum atomic E-state index is 12.7. The van der Waals surface area contributed by atoms with Crippen LogP contribution in [0.15, 0.2) is 54.7 Å². The van der Waals surface area contributed by atoms with Crippen molar-refractivity contribution in [1.29, 1.82) is 0 Å². The van der Waals surface area contributed by atoms with Gasteiger partial charge in [-0.3, -0.25) is 0 Å². The number of aliphatic hydroxyl groups is 1. The minimum absolute atomic E-state index is 0.358. The lowest BCUT2D eigenvalue weighted by Gasteiger charge is -2.23. The summed E-state index contributed by atoms with van der Waals surface area (Å²) in [4.78, 5) is 0. The zero-order chi connectivity index (χ0) is 20.5. The third-order valence-corrected chi connectivity index (χ3v) is 4.65. The average Bonchev–Trinajstić information content (AvgIpc) is 3.04. The van der Waals surface area contributed by atoms with Crippen molar-refractivity contribution in [2.75, 3.05) is 7.11 Å². The van der Waals surface area contributed by atoms with Crippen LogP contribution in [0.1, 0.15) is 29.3 Å². The molecule has 148 valence electrons. The first kappa shape index (κ1) is 19.9. The zero-order valence-electron chi connectivity index (χ0n) is 15.8. The van der Waals surface area contributed by atoms with Gasteiger partial charge in [0.1, 0.15) is 5.75 Å². The van der Waals surface area contributed by atoms with Gasteiger partial charge in [-0.2, -0.15) is 18.3 Å². The number of rotatable bonds is 5. The second-order valence-electron chi connectivity index (χ2n) is 6.92. The highest BCUT2D eigenvalue weighted by atomic mass is 19.4. The lowest BCUT2D eigenvalue weighted by Crippen LogP contribution is -2.24. The minimum Gasteiger partial charge on any atom is -0.497 e. The number of ether oxygens (including phenoxy) is 1. The van der Waals surface area contributed by atoms with E-state index < -0.39 is 17.3 Å². The third kappa shape index (κ3) is 4.20. The number of aromatic nitrogens is 2. The summed E-state index contributed by atoms with van der Waals surface area (Å²) >= 11 is 0. The van der Waals surface area contributed by atoms with E-state index >= 15 is 0 Å². The monoisotopic (exact) mass is 390 g/mol. The lowest BCUT2D eigenvalue weighted by atomic mass is 9.89. The molecular formula is C21H21F3N2O2. The Balaban J connectivity index is 1.85. The van der Waals surface area contributed by atoms with Gasteiger partial charge < -0.3 is 9.84 Å². The molecule has 2 aromatic carbocycles. The van der Waals surface area contributed by atoms with Crippen LogP contribution >= 0.6 is 0 Å². The molecule has 0 fully saturated rings. The van der Waals surface area contributed by atoms with Gasteiger partial charge in [0.15, 0.2) is 0 Å². The molecule has 0 saturated carbocycles. The second-order valence-corrected chi connectivity index (χ2v) is 6.92. The first-order valence-corrected chi connectivity index (χ1v) is 8.70. The molecule has 1 heterocycles. The first-order valence-electron chi connectivity index (χ1n) is 8.70. The van der Waals surface area contributed by atoms with Gasteiger partial charge in [-0.15, -0.1) is 0 Å². The quantitative estimate of drug-likeness (QED) is 0.689. The Labute approximate surface area is 161 Å². The highest BCUT2D eigenvalue weighted by Crippen LogP contribution is 2.31. The minimum atomic E-state index is -4.38. The Morgan fingerprint density at radius 3 is 2.18 bits per heavy atom. The Morgan fingerprint density at radius 2 is 1.64 bits per heavy atom. The van der Waals surface area contributed by atoms with Crippen molar-refractivity contribution in [1.82, 2.24) is 9.78 Å². The molecule has 0 aliphatic heterocycles. The molecule has 3 aromatic rings. The van der Waals surface area contributed by atoms with Crippen molar-refractivity contribution in [3.8, 4) is 11.4 Å². The third-order valence-electron chi connectivity index (χ3n) is 4.65. The average molecular weight is 390 g/mol. The van der Waals surface area contributed by atoms with Gasteiger partial charge in [0.25, 0.3) is 0 Å². The van der Waals surface area contributed by atoms with Crippen LogP contribution in [0.2, 0.25) is 0 Å². The van der Waals surface area contributed by atoms with Crippen molar-refractivity contribution in [3.05, 3.63) is 77.1 Å². The summed E-state index contributed by atoms with van der Waals surface area (Å²) in [5.74, 6) is 0.731. The maximum Gasteiger partial charge on any atom is 0.416 e. The van der Waals surface area contributed by atoms with Gasteiger partial charge in [0.2, 0.25) is 0 Å². The molecule has 0 amide bonds. The van der Waals surface area contributed by atoms with Crippen LogP contribution in [-0.2, 0) is 18.2 Å². The zero-order valence-corrected chi connectivity index (χ0v) is 15.8. The number of halogens is 3. The molecule has 0 saturated heterocycles. The lowest BCUT2D eigenvalue weighted by molar-refractivity contribution is -0.137. The number of benzene rings is 2. The molecule has 1 N–H and O–H groups in total. The van der Waals surface area contributed by atoms with Crippen molar-refractivity contribution in [3.63, 3.8) is 0 Å². The Kier molecular flexibility index (Phi) is 5.21. The van der Waals surface area contributed by atoms with E-state index in [9.17, 15) is 18.3 Å². The molecule has 1 unspecified atom stereocenters. The van der Waals surface area contributed by atoms with Crippen molar-refractivity contribution >= 4 is 0 Å². The van der Waals surface area contributed by atoms with Gasteiger partial charge in [-0.1, -0.05) is 12.1 Å². The highest BCUT2D eigenvalue weighted by molar-refractivity contribution is 5.38. The summed E-state index contributed by atoms with van der Waals surface area (Å²) in [5.41, 5.74) is 0.728. The normalized spacial score (nSPS) is 14.0. The van der Waals surface area contributed by atoms with Crippen molar-refractivity contribution < 1.29 is 23.0 Å². The summed E-state index contributed by atoms with van der Waals surface area (Å²) in [6.07, 6.45) is -2.37. The SMILES string of the molecule is COc1ccc(CC(C)(O)c2cn(-c3ccc(C(F)(F)F)cc3)nc2C)cc1. The molecule has 0 aliphatic rings. The van der Waals surface area contributed by atoms with Crippen LogP contribution < -0.4 is 4.74 Å². The molecule has 28 heavy (non-hydrogen) atoms. The van der Waals surface area contributed by atoms with Gasteiger partial charge >= 0.3 is 6.18 Å². The Morgan fingerprint density at radius 1 is 1.04 bits per heavy atom. The summed E-state index contributed by atoms with van der Waals surface area (Å²) in [6.45, 7) is 3.46. The number of aryl methyl sites for hydroxylation is 1. The van der Waals surface area contributed by atoms with E-state index in [1.54, 1.807) is 27.2 Å². The fourth-order valence-electron chi connectivity index (χ4n) is 3.16. The number of nitrogens with zero attached hydrogens (tertiary/aromatic N) is 2.